The van der Waals surface area contributed by atoms with E-state index in [0.29, 0.717) is 18.4 Å². The molecule has 0 radical (unpaired) electrons. The van der Waals surface area contributed by atoms with E-state index in [-0.39, 0.29) is 18.1 Å². The van der Waals surface area contributed by atoms with Crippen LogP contribution in [0.4, 0.5) is 0 Å². The highest BCUT2D eigenvalue weighted by Gasteiger charge is 2.27. The first kappa shape index (κ1) is 22.7. The number of esters is 1. The molecule has 0 bridgehead atoms. The molecule has 0 aromatic carbocycles. The molecule has 0 unspecified atom stereocenters. The second-order valence-electron chi connectivity index (χ2n) is 8.36. The number of hydrogen-bond donors (Lipinski definition) is 0. The van der Waals surface area contributed by atoms with Crippen LogP contribution in [-0.2, 0) is 20.9 Å². The van der Waals surface area contributed by atoms with Gasteiger partial charge in [0, 0.05) is 31.0 Å². The molecular formula is C23H33N3O3. The minimum atomic E-state index is -0.752. The Bertz CT molecular complexity index is 810. The average molecular weight is 400 g/mol. The van der Waals surface area contributed by atoms with Crippen molar-refractivity contribution in [2.24, 2.45) is 11.8 Å². The van der Waals surface area contributed by atoms with Gasteiger partial charge in [0.2, 0.25) is 0 Å². The van der Waals surface area contributed by atoms with Gasteiger partial charge in [0.15, 0.2) is 6.61 Å². The summed E-state index contributed by atoms with van der Waals surface area (Å²) in [5.74, 6) is 0.124. The van der Waals surface area contributed by atoms with Crippen molar-refractivity contribution < 1.29 is 14.3 Å². The number of carbonyl (C=O) groups is 2. The fraction of sp³-hybridized carbons (Fsp3) is 0.609. The van der Waals surface area contributed by atoms with E-state index in [4.69, 9.17) is 4.74 Å². The predicted octanol–water partition coefficient (Wildman–Crippen LogP) is 3.86. The zero-order valence-corrected chi connectivity index (χ0v) is 18.3. The quantitative estimate of drug-likeness (QED) is 0.340. The Morgan fingerprint density at radius 1 is 1.38 bits per heavy atom. The lowest BCUT2D eigenvalue weighted by molar-refractivity contribution is -0.148. The fourth-order valence-corrected chi connectivity index (χ4v) is 3.41. The molecule has 29 heavy (non-hydrogen) atoms. The molecular weight excluding hydrogens is 366 g/mol. The molecule has 6 heteroatoms. The molecule has 6 nitrogen and oxygen atoms in total. The Kier molecular flexibility index (Phi) is 8.07. The van der Waals surface area contributed by atoms with Crippen molar-refractivity contribution in [3.8, 4) is 6.07 Å². The smallest absolute Gasteiger partial charge is 0.349 e. The summed E-state index contributed by atoms with van der Waals surface area (Å²) in [6.07, 6.45) is 4.73. The van der Waals surface area contributed by atoms with Crippen LogP contribution in [0, 0.1) is 37.0 Å². The summed E-state index contributed by atoms with van der Waals surface area (Å²) in [6, 6.07) is 3.88. The van der Waals surface area contributed by atoms with Gasteiger partial charge in [0.05, 0.1) is 0 Å². The molecule has 0 atom stereocenters. The van der Waals surface area contributed by atoms with Gasteiger partial charge in [0.25, 0.3) is 5.91 Å². The monoisotopic (exact) mass is 399 g/mol. The van der Waals surface area contributed by atoms with Crippen molar-refractivity contribution in [1.82, 2.24) is 9.47 Å². The number of aryl methyl sites for hydroxylation is 1. The van der Waals surface area contributed by atoms with Crippen LogP contribution >= 0.6 is 0 Å². The molecule has 0 spiro atoms. The van der Waals surface area contributed by atoms with Crippen LogP contribution in [0.15, 0.2) is 11.6 Å². The summed E-state index contributed by atoms with van der Waals surface area (Å²) < 4.78 is 7.35. The Morgan fingerprint density at radius 3 is 2.62 bits per heavy atom. The molecule has 0 N–H and O–H groups in total. The highest BCUT2D eigenvalue weighted by molar-refractivity contribution is 5.99. The van der Waals surface area contributed by atoms with Gasteiger partial charge in [-0.2, -0.15) is 5.26 Å². The molecule has 1 amide bonds. The Balaban J connectivity index is 2.04. The maximum Gasteiger partial charge on any atom is 0.349 e. The molecule has 1 aliphatic carbocycles. The van der Waals surface area contributed by atoms with Crippen molar-refractivity contribution >= 4 is 18.0 Å². The number of amides is 1. The summed E-state index contributed by atoms with van der Waals surface area (Å²) in [4.78, 5) is 26.6. The van der Waals surface area contributed by atoms with Crippen LogP contribution in [0.3, 0.4) is 0 Å². The van der Waals surface area contributed by atoms with Gasteiger partial charge < -0.3 is 14.2 Å². The summed E-state index contributed by atoms with van der Waals surface area (Å²) in [7, 11) is 0. The van der Waals surface area contributed by atoms with Crippen LogP contribution < -0.4 is 0 Å². The molecule has 1 aromatic rings. The van der Waals surface area contributed by atoms with Crippen molar-refractivity contribution in [3.05, 3.63) is 28.6 Å². The SMILES string of the molecule is CCCN(CC1CC1)C(=O)COC(=O)/C(C#N)=C/c1cc(C)n(CC(C)C)c1C. The first-order chi connectivity index (χ1) is 13.8. The normalized spacial score (nSPS) is 14.0. The molecule has 1 heterocycles. The van der Waals surface area contributed by atoms with Crippen LogP contribution in [0.1, 0.15) is 57.0 Å². The predicted molar refractivity (Wildman–Crippen MR) is 113 cm³/mol. The van der Waals surface area contributed by atoms with E-state index in [1.54, 1.807) is 11.0 Å². The average Bonchev–Trinajstić information content (AvgIpc) is 3.45. The van der Waals surface area contributed by atoms with Crippen molar-refractivity contribution in [2.75, 3.05) is 19.7 Å². The van der Waals surface area contributed by atoms with Gasteiger partial charge >= 0.3 is 5.97 Å². The van der Waals surface area contributed by atoms with Gasteiger partial charge in [-0.3, -0.25) is 4.79 Å². The summed E-state index contributed by atoms with van der Waals surface area (Å²) in [6.45, 7) is 12.2. The van der Waals surface area contributed by atoms with Crippen LogP contribution in [0.25, 0.3) is 6.08 Å². The number of carbonyl (C=O) groups excluding carboxylic acids is 2. The number of hydrogen-bond acceptors (Lipinski definition) is 4. The summed E-state index contributed by atoms with van der Waals surface area (Å²) in [5, 5.41) is 9.43. The lowest BCUT2D eigenvalue weighted by Gasteiger charge is -2.21. The molecule has 1 aliphatic rings. The van der Waals surface area contributed by atoms with E-state index in [0.717, 1.165) is 49.3 Å². The standard InChI is InChI=1S/C23H33N3O3/c1-6-9-25(14-19-7-8-19)22(27)15-29-23(28)21(12-24)11-20-10-17(4)26(18(20)5)13-16(2)3/h10-11,16,19H,6-9,13-15H2,1-5H3/b21-11+. The Morgan fingerprint density at radius 2 is 2.07 bits per heavy atom. The topological polar surface area (TPSA) is 75.3 Å². The van der Waals surface area contributed by atoms with E-state index in [1.165, 1.54) is 0 Å². The second kappa shape index (κ2) is 10.3. The fourth-order valence-electron chi connectivity index (χ4n) is 3.41. The van der Waals surface area contributed by atoms with Gasteiger partial charge in [-0.05, 0) is 62.7 Å². The van der Waals surface area contributed by atoms with Crippen molar-refractivity contribution in [1.29, 1.82) is 5.26 Å². The number of aromatic nitrogens is 1. The maximum absolute atomic E-state index is 12.4. The molecule has 2 rings (SSSR count). The third-order valence-electron chi connectivity index (χ3n) is 5.15. The first-order valence-electron chi connectivity index (χ1n) is 10.5. The van der Waals surface area contributed by atoms with Gasteiger partial charge in [0.1, 0.15) is 11.6 Å². The zero-order valence-electron chi connectivity index (χ0n) is 18.3. The van der Waals surface area contributed by atoms with E-state index < -0.39 is 5.97 Å². The van der Waals surface area contributed by atoms with Crippen LogP contribution in [0.2, 0.25) is 0 Å². The van der Waals surface area contributed by atoms with E-state index in [9.17, 15) is 14.9 Å². The van der Waals surface area contributed by atoms with Gasteiger partial charge in [-0.1, -0.05) is 20.8 Å². The molecule has 1 aromatic heterocycles. The molecule has 1 saturated carbocycles. The number of ether oxygens (including phenoxy) is 1. The minimum absolute atomic E-state index is 0.0909. The Hall–Kier alpha value is -2.55. The zero-order chi connectivity index (χ0) is 21.6. The largest absolute Gasteiger partial charge is 0.451 e. The summed E-state index contributed by atoms with van der Waals surface area (Å²) in [5.41, 5.74) is 2.82. The third-order valence-corrected chi connectivity index (χ3v) is 5.15. The number of rotatable bonds is 10. The third kappa shape index (κ3) is 6.49. The van der Waals surface area contributed by atoms with Gasteiger partial charge in [-0.15, -0.1) is 0 Å². The molecule has 1 fully saturated rings. The van der Waals surface area contributed by atoms with Crippen LogP contribution in [0.5, 0.6) is 0 Å². The maximum atomic E-state index is 12.4. The number of nitrogens with zero attached hydrogens (tertiary/aromatic N) is 3. The minimum Gasteiger partial charge on any atom is -0.451 e. The molecule has 0 aliphatic heterocycles. The number of nitriles is 1. The molecule has 158 valence electrons. The molecule has 0 saturated heterocycles. The highest BCUT2D eigenvalue weighted by atomic mass is 16.5. The van der Waals surface area contributed by atoms with Crippen LogP contribution in [-0.4, -0.2) is 41.0 Å². The summed E-state index contributed by atoms with van der Waals surface area (Å²) >= 11 is 0. The lowest BCUT2D eigenvalue weighted by atomic mass is 10.1. The van der Waals surface area contributed by atoms with E-state index >= 15 is 0 Å². The van der Waals surface area contributed by atoms with Gasteiger partial charge in [-0.25, -0.2) is 4.79 Å². The Labute approximate surface area is 174 Å². The van der Waals surface area contributed by atoms with Crippen molar-refractivity contribution in [3.63, 3.8) is 0 Å². The lowest BCUT2D eigenvalue weighted by Crippen LogP contribution is -2.36. The highest BCUT2D eigenvalue weighted by Crippen LogP contribution is 2.29. The van der Waals surface area contributed by atoms with Crippen molar-refractivity contribution in [2.45, 2.75) is 60.4 Å². The van der Waals surface area contributed by atoms with E-state index in [2.05, 4.69) is 18.4 Å². The van der Waals surface area contributed by atoms with E-state index in [1.807, 2.05) is 32.9 Å². The first-order valence-corrected chi connectivity index (χ1v) is 10.5. The second-order valence-corrected chi connectivity index (χ2v) is 8.36.